The Kier molecular flexibility index (Phi) is 7.96. The summed E-state index contributed by atoms with van der Waals surface area (Å²) in [6.07, 6.45) is 0. The number of benzene rings is 2. The van der Waals surface area contributed by atoms with Crippen LogP contribution in [0.25, 0.3) is 0 Å². The number of hydrogen-bond acceptors (Lipinski definition) is 5. The van der Waals surface area contributed by atoms with Crippen LogP contribution in [0.2, 0.25) is 10.0 Å². The first-order valence-electron chi connectivity index (χ1n) is 9.48. The Balaban J connectivity index is 1.78. The maximum absolute atomic E-state index is 13.3. The zero-order chi connectivity index (χ0) is 21.6. The lowest BCUT2D eigenvalue weighted by Crippen LogP contribution is -2.45. The standard InChI is InChI=1S/C20H23Cl2N3O4S/c21-17-7-4-8-18(20(17)22)25(30(27,28)16-5-2-1-3-6-16)15-19(26)23-9-10-24-11-13-29-14-12-24/h1-8H,9-15H2,(H,23,26). The summed E-state index contributed by atoms with van der Waals surface area (Å²) in [5, 5.41) is 3.06. The average molecular weight is 472 g/mol. The Labute approximate surface area is 186 Å². The summed E-state index contributed by atoms with van der Waals surface area (Å²) in [7, 11) is -4.03. The first kappa shape index (κ1) is 22.8. The van der Waals surface area contributed by atoms with Crippen molar-refractivity contribution in [2.24, 2.45) is 0 Å². The second-order valence-electron chi connectivity index (χ2n) is 6.70. The van der Waals surface area contributed by atoms with Crippen LogP contribution in [-0.2, 0) is 19.6 Å². The maximum Gasteiger partial charge on any atom is 0.264 e. The molecule has 0 atom stereocenters. The molecule has 1 fully saturated rings. The van der Waals surface area contributed by atoms with Gasteiger partial charge in [-0.2, -0.15) is 0 Å². The summed E-state index contributed by atoms with van der Waals surface area (Å²) in [5.74, 6) is -0.432. The second-order valence-corrected chi connectivity index (χ2v) is 9.35. The molecule has 162 valence electrons. The molecule has 3 rings (SSSR count). The molecular weight excluding hydrogens is 449 g/mol. The molecule has 0 bridgehead atoms. The van der Waals surface area contributed by atoms with Crippen molar-refractivity contribution in [3.05, 3.63) is 58.6 Å². The predicted octanol–water partition coefficient (Wildman–Crippen LogP) is 2.64. The molecule has 0 unspecified atom stereocenters. The molecule has 1 heterocycles. The van der Waals surface area contributed by atoms with Crippen molar-refractivity contribution in [3.63, 3.8) is 0 Å². The van der Waals surface area contributed by atoms with E-state index in [-0.39, 0.29) is 20.6 Å². The van der Waals surface area contributed by atoms with Gasteiger partial charge in [-0.25, -0.2) is 8.42 Å². The molecule has 2 aromatic carbocycles. The summed E-state index contributed by atoms with van der Waals surface area (Å²) < 4.78 is 32.8. The molecule has 0 spiro atoms. The minimum Gasteiger partial charge on any atom is -0.379 e. The lowest BCUT2D eigenvalue weighted by atomic mass is 10.3. The van der Waals surface area contributed by atoms with Crippen molar-refractivity contribution in [1.82, 2.24) is 10.2 Å². The predicted molar refractivity (Wildman–Crippen MR) is 118 cm³/mol. The Morgan fingerprint density at radius 2 is 1.77 bits per heavy atom. The molecule has 1 N–H and O–H groups in total. The number of carbonyl (C=O) groups is 1. The summed E-state index contributed by atoms with van der Waals surface area (Å²) in [4.78, 5) is 14.8. The van der Waals surface area contributed by atoms with E-state index in [1.165, 1.54) is 18.2 Å². The number of sulfonamides is 1. The zero-order valence-corrected chi connectivity index (χ0v) is 18.6. The molecule has 1 aliphatic heterocycles. The Hall–Kier alpha value is -1.84. The fourth-order valence-corrected chi connectivity index (χ4v) is 4.97. The van der Waals surface area contributed by atoms with Crippen LogP contribution in [0.15, 0.2) is 53.4 Å². The van der Waals surface area contributed by atoms with Crippen LogP contribution < -0.4 is 9.62 Å². The van der Waals surface area contributed by atoms with E-state index < -0.39 is 22.5 Å². The van der Waals surface area contributed by atoms with E-state index in [0.717, 1.165) is 17.4 Å². The molecule has 0 radical (unpaired) electrons. The number of nitrogens with zero attached hydrogens (tertiary/aromatic N) is 2. The van der Waals surface area contributed by atoms with E-state index in [4.69, 9.17) is 27.9 Å². The fourth-order valence-electron chi connectivity index (χ4n) is 3.07. The van der Waals surface area contributed by atoms with E-state index in [2.05, 4.69) is 10.2 Å². The van der Waals surface area contributed by atoms with E-state index >= 15 is 0 Å². The first-order valence-corrected chi connectivity index (χ1v) is 11.7. The van der Waals surface area contributed by atoms with Gasteiger partial charge < -0.3 is 10.1 Å². The number of carbonyl (C=O) groups excluding carboxylic acids is 1. The minimum atomic E-state index is -4.03. The van der Waals surface area contributed by atoms with Crippen LogP contribution in [0, 0.1) is 0 Å². The molecular formula is C20H23Cl2N3O4S. The third kappa shape index (κ3) is 5.65. The van der Waals surface area contributed by atoms with Gasteiger partial charge in [0.25, 0.3) is 10.0 Å². The molecule has 0 aliphatic carbocycles. The van der Waals surface area contributed by atoms with Gasteiger partial charge in [0.15, 0.2) is 0 Å². The number of rotatable bonds is 8. The smallest absolute Gasteiger partial charge is 0.264 e. The number of morpholine rings is 1. The highest BCUT2D eigenvalue weighted by Crippen LogP contribution is 2.35. The Morgan fingerprint density at radius 1 is 1.07 bits per heavy atom. The van der Waals surface area contributed by atoms with E-state index in [0.29, 0.717) is 26.3 Å². The van der Waals surface area contributed by atoms with Crippen molar-refractivity contribution in [2.45, 2.75) is 4.90 Å². The van der Waals surface area contributed by atoms with Gasteiger partial charge in [0.2, 0.25) is 5.91 Å². The quantitative estimate of drug-likeness (QED) is 0.639. The zero-order valence-electron chi connectivity index (χ0n) is 16.3. The van der Waals surface area contributed by atoms with Gasteiger partial charge in [0.05, 0.1) is 33.8 Å². The van der Waals surface area contributed by atoms with Crippen LogP contribution in [0.3, 0.4) is 0 Å². The molecule has 30 heavy (non-hydrogen) atoms. The van der Waals surface area contributed by atoms with E-state index in [1.807, 2.05) is 0 Å². The third-order valence-electron chi connectivity index (χ3n) is 4.67. The molecule has 7 nitrogen and oxygen atoms in total. The number of amides is 1. The van der Waals surface area contributed by atoms with Crippen molar-refractivity contribution >= 4 is 44.8 Å². The minimum absolute atomic E-state index is 0.0576. The highest BCUT2D eigenvalue weighted by molar-refractivity contribution is 7.92. The monoisotopic (exact) mass is 471 g/mol. The number of hydrogen-bond donors (Lipinski definition) is 1. The Bertz CT molecular complexity index is 967. The summed E-state index contributed by atoms with van der Waals surface area (Å²) >= 11 is 12.4. The maximum atomic E-state index is 13.3. The summed E-state index contributed by atoms with van der Waals surface area (Å²) in [6, 6.07) is 12.6. The number of anilines is 1. The van der Waals surface area contributed by atoms with Crippen LogP contribution in [0.5, 0.6) is 0 Å². The highest BCUT2D eigenvalue weighted by Gasteiger charge is 2.29. The van der Waals surface area contributed by atoms with Gasteiger partial charge in [-0.3, -0.25) is 14.0 Å². The summed E-state index contributed by atoms with van der Waals surface area (Å²) in [5.41, 5.74) is 0.149. The van der Waals surface area contributed by atoms with Crippen molar-refractivity contribution in [2.75, 3.05) is 50.2 Å². The molecule has 10 heteroatoms. The lowest BCUT2D eigenvalue weighted by molar-refractivity contribution is -0.119. The van der Waals surface area contributed by atoms with Crippen molar-refractivity contribution in [1.29, 1.82) is 0 Å². The van der Waals surface area contributed by atoms with Crippen molar-refractivity contribution < 1.29 is 17.9 Å². The molecule has 0 saturated carbocycles. The van der Waals surface area contributed by atoms with Crippen LogP contribution in [-0.4, -0.2) is 65.2 Å². The number of ether oxygens (including phenoxy) is 1. The normalized spacial score (nSPS) is 15.0. The van der Waals surface area contributed by atoms with E-state index in [9.17, 15) is 13.2 Å². The number of halogens is 2. The van der Waals surface area contributed by atoms with Crippen molar-refractivity contribution in [3.8, 4) is 0 Å². The highest BCUT2D eigenvalue weighted by atomic mass is 35.5. The Morgan fingerprint density at radius 3 is 2.47 bits per heavy atom. The SMILES string of the molecule is O=C(CN(c1cccc(Cl)c1Cl)S(=O)(=O)c1ccccc1)NCCN1CCOCC1. The largest absolute Gasteiger partial charge is 0.379 e. The van der Waals surface area contributed by atoms with Crippen LogP contribution >= 0.6 is 23.2 Å². The fraction of sp³-hybridized carbons (Fsp3) is 0.350. The van der Waals surface area contributed by atoms with Gasteiger partial charge in [0.1, 0.15) is 6.54 Å². The van der Waals surface area contributed by atoms with Gasteiger partial charge >= 0.3 is 0 Å². The molecule has 2 aromatic rings. The molecule has 1 saturated heterocycles. The topological polar surface area (TPSA) is 79.0 Å². The summed E-state index contributed by atoms with van der Waals surface area (Å²) in [6.45, 7) is 3.61. The first-order chi connectivity index (χ1) is 14.4. The van der Waals surface area contributed by atoms with E-state index in [1.54, 1.807) is 30.3 Å². The molecule has 1 aliphatic rings. The third-order valence-corrected chi connectivity index (χ3v) is 7.26. The van der Waals surface area contributed by atoms with Crippen LogP contribution in [0.4, 0.5) is 5.69 Å². The lowest BCUT2D eigenvalue weighted by Gasteiger charge is -2.27. The van der Waals surface area contributed by atoms with Crippen LogP contribution in [0.1, 0.15) is 0 Å². The van der Waals surface area contributed by atoms with Gasteiger partial charge in [-0.15, -0.1) is 0 Å². The molecule has 1 amide bonds. The second kappa shape index (κ2) is 10.5. The van der Waals surface area contributed by atoms with Gasteiger partial charge in [-0.1, -0.05) is 47.5 Å². The van der Waals surface area contributed by atoms with Gasteiger partial charge in [0, 0.05) is 26.2 Å². The number of nitrogens with one attached hydrogen (secondary N) is 1. The average Bonchev–Trinajstić information content (AvgIpc) is 2.75. The molecule has 0 aromatic heterocycles. The van der Waals surface area contributed by atoms with Gasteiger partial charge in [-0.05, 0) is 24.3 Å².